The molecule has 0 aliphatic carbocycles. The molecule has 128 valence electrons. The highest BCUT2D eigenvalue weighted by atomic mass is 28.3. The second-order valence-electron chi connectivity index (χ2n) is 5.60. The summed E-state index contributed by atoms with van der Waals surface area (Å²) in [4.78, 5) is 0. The molecule has 24 heavy (non-hydrogen) atoms. The molecule has 0 unspecified atom stereocenters. The molecule has 2 N–H and O–H groups in total. The van der Waals surface area contributed by atoms with Gasteiger partial charge in [-0.3, -0.25) is 0 Å². The van der Waals surface area contributed by atoms with Crippen LogP contribution in [0, 0.1) is 0 Å². The first-order chi connectivity index (χ1) is 11.3. The van der Waals surface area contributed by atoms with Gasteiger partial charge in [-0.1, -0.05) is 62.6 Å². The van der Waals surface area contributed by atoms with Crippen molar-refractivity contribution in [1.29, 1.82) is 0 Å². The molecule has 2 nitrogen and oxygen atoms in total. The molecule has 0 amide bonds. The van der Waals surface area contributed by atoms with Crippen molar-refractivity contribution in [2.75, 3.05) is 0 Å². The minimum absolute atomic E-state index is 0.110. The summed E-state index contributed by atoms with van der Waals surface area (Å²) in [6, 6.07) is 13.9. The number of rotatable bonds is 3. The maximum absolute atomic E-state index is 9.58. The van der Waals surface area contributed by atoms with E-state index < -0.39 is 0 Å². The van der Waals surface area contributed by atoms with Gasteiger partial charge in [-0.05, 0) is 12.1 Å². The minimum atomic E-state index is -0.110. The summed E-state index contributed by atoms with van der Waals surface area (Å²) in [5.74, 6) is 0.350. The van der Waals surface area contributed by atoms with Crippen molar-refractivity contribution < 1.29 is 10.2 Å². The van der Waals surface area contributed by atoms with Gasteiger partial charge in [-0.25, -0.2) is 0 Å². The Hall–Kier alpha value is -2.05. The van der Waals surface area contributed by atoms with Gasteiger partial charge in [0.05, 0.1) is 17.6 Å². The van der Waals surface area contributed by atoms with Crippen LogP contribution in [0.4, 0.5) is 0 Å². The quantitative estimate of drug-likeness (QED) is 0.693. The summed E-state index contributed by atoms with van der Waals surface area (Å²) >= 11 is 0. The minimum Gasteiger partial charge on any atom is -0.507 e. The second kappa shape index (κ2) is 12.4. The molecule has 0 aliphatic rings. The maximum atomic E-state index is 9.58. The summed E-state index contributed by atoms with van der Waals surface area (Å²) in [6.07, 6.45) is 0. The van der Waals surface area contributed by atoms with Crippen molar-refractivity contribution in [1.82, 2.24) is 0 Å². The Morgan fingerprint density at radius 3 is 1.12 bits per heavy atom. The van der Waals surface area contributed by atoms with E-state index in [1.165, 1.54) is 0 Å². The van der Waals surface area contributed by atoms with Crippen LogP contribution in [0.3, 0.4) is 0 Å². The number of phenolic OH excluding ortho intramolecular Hbond substituents is 2. The van der Waals surface area contributed by atoms with Gasteiger partial charge in [0.2, 0.25) is 0 Å². The Kier molecular flexibility index (Phi) is 11.3. The zero-order valence-corrected chi connectivity index (χ0v) is 17.1. The molecule has 2 rings (SSSR count). The average molecular weight is 357 g/mol. The summed E-state index contributed by atoms with van der Waals surface area (Å²) in [6.45, 7) is 16.0. The molecule has 0 fully saturated rings. The third kappa shape index (κ3) is 9.17. The van der Waals surface area contributed by atoms with E-state index in [1.54, 1.807) is 36.4 Å². The molecule has 4 heteroatoms. The Morgan fingerprint density at radius 2 is 0.917 bits per heavy atom. The largest absolute Gasteiger partial charge is 0.507 e. The summed E-state index contributed by atoms with van der Waals surface area (Å²) in [7, 11) is -0.220. The molecule has 0 saturated carbocycles. The van der Waals surface area contributed by atoms with Crippen molar-refractivity contribution in [2.45, 2.75) is 26.2 Å². The van der Waals surface area contributed by atoms with E-state index in [2.05, 4.69) is 39.3 Å². The number of hydrogen-bond acceptors (Lipinski definition) is 2. The van der Waals surface area contributed by atoms with Gasteiger partial charge in [-0.15, -0.1) is 24.6 Å². The zero-order chi connectivity index (χ0) is 18.5. The molecule has 0 atom stereocenters. The van der Waals surface area contributed by atoms with Crippen LogP contribution in [0.25, 0.3) is 11.1 Å². The van der Waals surface area contributed by atoms with Gasteiger partial charge in [0.1, 0.15) is 11.5 Å². The monoisotopic (exact) mass is 356 g/mol. The molecule has 0 aliphatic heterocycles. The van der Waals surface area contributed by atoms with Crippen molar-refractivity contribution in [2.24, 2.45) is 0 Å². The summed E-state index contributed by atoms with van der Waals surface area (Å²) in [5, 5.41) is 19.2. The van der Waals surface area contributed by atoms with Gasteiger partial charge in [0.15, 0.2) is 0 Å². The van der Waals surface area contributed by atoms with E-state index in [-0.39, 0.29) is 29.1 Å². The third-order valence-electron chi connectivity index (χ3n) is 2.91. The number of phenols is 2. The maximum Gasteiger partial charge on any atom is 0.123 e. The predicted octanol–water partition coefficient (Wildman–Crippen LogP) is 5.70. The fraction of sp³-hybridized carbons (Fsp3) is 0.200. The van der Waals surface area contributed by atoms with Gasteiger partial charge < -0.3 is 10.2 Å². The molecule has 2 radical (unpaired) electrons. The van der Waals surface area contributed by atoms with Gasteiger partial charge in [-0.2, -0.15) is 0 Å². The molecular weight excluding hydrogens is 328 g/mol. The Balaban J connectivity index is 0.000000442. The van der Waals surface area contributed by atoms with E-state index in [0.717, 1.165) is 0 Å². The van der Waals surface area contributed by atoms with E-state index in [0.29, 0.717) is 11.1 Å². The lowest BCUT2D eigenvalue weighted by Gasteiger charge is -2.05. The lowest BCUT2D eigenvalue weighted by Crippen LogP contribution is -1.89. The Bertz CT molecular complexity index is 567. The number of hydrogen-bond donors (Lipinski definition) is 2. The molecular formula is C20H28O2Si2. The van der Waals surface area contributed by atoms with Crippen LogP contribution >= 0.6 is 0 Å². The molecule has 2 aromatic carbocycles. The Morgan fingerprint density at radius 1 is 0.667 bits per heavy atom. The normalized spacial score (nSPS) is 9.42. The van der Waals surface area contributed by atoms with Crippen LogP contribution in [0.5, 0.6) is 11.5 Å². The van der Waals surface area contributed by atoms with Crippen LogP contribution in [0.15, 0.2) is 73.1 Å². The van der Waals surface area contributed by atoms with Crippen LogP contribution in [-0.4, -0.2) is 27.8 Å². The van der Waals surface area contributed by atoms with Crippen molar-refractivity contribution in [3.63, 3.8) is 0 Å². The molecule has 2 aromatic rings. The highest BCUT2D eigenvalue weighted by Crippen LogP contribution is 2.34. The van der Waals surface area contributed by atoms with Crippen LogP contribution < -0.4 is 0 Å². The first-order valence-electron chi connectivity index (χ1n) is 7.75. The number of benzene rings is 2. The Labute approximate surface area is 150 Å². The van der Waals surface area contributed by atoms with Crippen molar-refractivity contribution in [3.8, 4) is 22.6 Å². The van der Waals surface area contributed by atoms with Crippen LogP contribution in [0.1, 0.15) is 0 Å². The first kappa shape index (κ1) is 22.0. The predicted molar refractivity (Wildman–Crippen MR) is 111 cm³/mol. The smallest absolute Gasteiger partial charge is 0.123 e. The van der Waals surface area contributed by atoms with E-state index >= 15 is 0 Å². The van der Waals surface area contributed by atoms with Gasteiger partial charge in [0.25, 0.3) is 0 Å². The molecule has 0 bridgehead atoms. The topological polar surface area (TPSA) is 40.5 Å². The third-order valence-corrected chi connectivity index (χ3v) is 4.55. The fourth-order valence-electron chi connectivity index (χ4n) is 1.40. The standard InChI is InChI=1S/C12H10O2.2C4H9Si/c13-11-7-3-1-5-9(11)10-6-2-4-8-12(10)14;2*1-4-5(2)3/h1-8,13-14H;2*4H,1H2,2-3H3. The van der Waals surface area contributed by atoms with Crippen molar-refractivity contribution >= 4 is 17.6 Å². The number of para-hydroxylation sites is 2. The van der Waals surface area contributed by atoms with E-state index in [4.69, 9.17) is 0 Å². The lowest BCUT2D eigenvalue weighted by molar-refractivity contribution is 0.469. The van der Waals surface area contributed by atoms with Gasteiger partial charge >= 0.3 is 0 Å². The SMILES string of the molecule is C=C[Si](C)C.C=C[Si](C)C.Oc1ccccc1-c1ccccc1O. The van der Waals surface area contributed by atoms with E-state index in [9.17, 15) is 10.2 Å². The number of aromatic hydroxyl groups is 2. The summed E-state index contributed by atoms with van der Waals surface area (Å²) < 4.78 is 0. The molecule has 0 aromatic heterocycles. The average Bonchev–Trinajstić information content (AvgIpc) is 2.57. The summed E-state index contributed by atoms with van der Waals surface area (Å²) in [5.41, 5.74) is 5.33. The zero-order valence-electron chi connectivity index (χ0n) is 15.1. The highest BCUT2D eigenvalue weighted by Gasteiger charge is 2.06. The van der Waals surface area contributed by atoms with Crippen LogP contribution in [-0.2, 0) is 0 Å². The highest BCUT2D eigenvalue weighted by molar-refractivity contribution is 6.61. The van der Waals surface area contributed by atoms with Crippen LogP contribution in [0.2, 0.25) is 26.2 Å². The molecule has 0 saturated heterocycles. The fourth-order valence-corrected chi connectivity index (χ4v) is 1.40. The first-order valence-corrected chi connectivity index (χ1v) is 12.9. The van der Waals surface area contributed by atoms with Crippen molar-refractivity contribution in [3.05, 3.63) is 73.1 Å². The second-order valence-corrected chi connectivity index (χ2v) is 10.7. The molecule has 0 spiro atoms. The lowest BCUT2D eigenvalue weighted by atomic mass is 10.0. The molecule has 0 heterocycles. The van der Waals surface area contributed by atoms with E-state index in [1.807, 2.05) is 23.5 Å². The van der Waals surface area contributed by atoms with Gasteiger partial charge in [0, 0.05) is 11.1 Å².